The molecule has 20 heavy (non-hydrogen) atoms. The summed E-state index contributed by atoms with van der Waals surface area (Å²) < 4.78 is 0. The molecule has 0 aliphatic carbocycles. The molecule has 2 aromatic carbocycles. The van der Waals surface area contributed by atoms with Gasteiger partial charge in [-0.05, 0) is 48.4 Å². The number of aromatic carboxylic acids is 1. The lowest BCUT2D eigenvalue weighted by atomic mass is 10.1. The van der Waals surface area contributed by atoms with Crippen LogP contribution < -0.4 is 4.90 Å². The van der Waals surface area contributed by atoms with E-state index in [0.29, 0.717) is 5.56 Å². The Bertz CT molecular complexity index is 573. The SMILES string of the molecule is CCCc1ccc(N(C)c2ccc(C(=O)O)cc2)cc1. The smallest absolute Gasteiger partial charge is 0.335 e. The number of carboxylic acids is 1. The van der Waals surface area contributed by atoms with Crippen molar-refractivity contribution in [3.8, 4) is 0 Å². The van der Waals surface area contributed by atoms with Gasteiger partial charge in [-0.2, -0.15) is 0 Å². The summed E-state index contributed by atoms with van der Waals surface area (Å²) in [6, 6.07) is 15.4. The molecule has 1 N–H and O–H groups in total. The van der Waals surface area contributed by atoms with Crippen molar-refractivity contribution in [1.29, 1.82) is 0 Å². The van der Waals surface area contributed by atoms with Crippen LogP contribution in [0.5, 0.6) is 0 Å². The molecule has 104 valence electrons. The third-order valence-corrected chi connectivity index (χ3v) is 3.36. The summed E-state index contributed by atoms with van der Waals surface area (Å²) in [5.41, 5.74) is 3.71. The van der Waals surface area contributed by atoms with Crippen LogP contribution in [0.3, 0.4) is 0 Å². The Kier molecular flexibility index (Phi) is 4.41. The van der Waals surface area contributed by atoms with Gasteiger partial charge in [-0.1, -0.05) is 25.5 Å². The maximum absolute atomic E-state index is 10.8. The van der Waals surface area contributed by atoms with Gasteiger partial charge in [-0.25, -0.2) is 4.79 Å². The first-order valence-electron chi connectivity index (χ1n) is 6.78. The highest BCUT2D eigenvalue weighted by Crippen LogP contribution is 2.24. The molecule has 0 bridgehead atoms. The number of benzene rings is 2. The van der Waals surface area contributed by atoms with E-state index in [9.17, 15) is 4.79 Å². The molecule has 0 aromatic heterocycles. The van der Waals surface area contributed by atoms with E-state index in [0.717, 1.165) is 24.2 Å². The van der Waals surface area contributed by atoms with Crippen LogP contribution in [0.25, 0.3) is 0 Å². The Morgan fingerprint density at radius 3 is 1.95 bits per heavy atom. The van der Waals surface area contributed by atoms with E-state index in [2.05, 4.69) is 31.2 Å². The molecule has 0 atom stereocenters. The third-order valence-electron chi connectivity index (χ3n) is 3.36. The summed E-state index contributed by atoms with van der Waals surface area (Å²) in [7, 11) is 1.98. The monoisotopic (exact) mass is 269 g/mol. The van der Waals surface area contributed by atoms with E-state index in [-0.39, 0.29) is 0 Å². The number of anilines is 2. The zero-order valence-electron chi connectivity index (χ0n) is 11.8. The van der Waals surface area contributed by atoms with Crippen LogP contribution in [0.2, 0.25) is 0 Å². The first-order chi connectivity index (χ1) is 9.61. The predicted molar refractivity (Wildman–Crippen MR) is 81.9 cm³/mol. The Hall–Kier alpha value is -2.29. The number of nitrogens with zero attached hydrogens (tertiary/aromatic N) is 1. The van der Waals surface area contributed by atoms with E-state index in [1.807, 2.05) is 24.1 Å². The number of carbonyl (C=O) groups is 1. The average Bonchev–Trinajstić information content (AvgIpc) is 2.48. The van der Waals surface area contributed by atoms with Gasteiger partial charge in [-0.3, -0.25) is 0 Å². The maximum atomic E-state index is 10.8. The van der Waals surface area contributed by atoms with Crippen LogP contribution in [0, 0.1) is 0 Å². The van der Waals surface area contributed by atoms with Crippen molar-refractivity contribution < 1.29 is 9.90 Å². The molecule has 0 saturated heterocycles. The van der Waals surface area contributed by atoms with Crippen molar-refractivity contribution in [2.24, 2.45) is 0 Å². The number of hydrogen-bond acceptors (Lipinski definition) is 2. The van der Waals surface area contributed by atoms with E-state index in [1.165, 1.54) is 5.56 Å². The lowest BCUT2D eigenvalue weighted by molar-refractivity contribution is 0.0697. The molecule has 0 saturated carbocycles. The molecule has 0 amide bonds. The highest BCUT2D eigenvalue weighted by atomic mass is 16.4. The van der Waals surface area contributed by atoms with Crippen LogP contribution in [0.4, 0.5) is 11.4 Å². The summed E-state index contributed by atoms with van der Waals surface area (Å²) in [6.07, 6.45) is 2.24. The molecule has 2 aromatic rings. The summed E-state index contributed by atoms with van der Waals surface area (Å²) in [6.45, 7) is 2.17. The standard InChI is InChI=1S/C17H19NO2/c1-3-4-13-5-9-15(10-6-13)18(2)16-11-7-14(8-12-16)17(19)20/h5-12H,3-4H2,1-2H3,(H,19,20). The zero-order chi connectivity index (χ0) is 14.5. The van der Waals surface area contributed by atoms with Gasteiger partial charge in [0.2, 0.25) is 0 Å². The predicted octanol–water partition coefficient (Wildman–Crippen LogP) is 4.11. The second-order valence-corrected chi connectivity index (χ2v) is 4.83. The number of hydrogen-bond donors (Lipinski definition) is 1. The fraction of sp³-hybridized carbons (Fsp3) is 0.235. The molecule has 0 aliphatic rings. The molecule has 2 rings (SSSR count). The van der Waals surface area contributed by atoms with Gasteiger partial charge in [0, 0.05) is 18.4 Å². The Balaban J connectivity index is 2.17. The molecular weight excluding hydrogens is 250 g/mol. The van der Waals surface area contributed by atoms with Crippen molar-refractivity contribution in [2.45, 2.75) is 19.8 Å². The van der Waals surface area contributed by atoms with Crippen molar-refractivity contribution in [1.82, 2.24) is 0 Å². The molecule has 0 radical (unpaired) electrons. The number of carboxylic acid groups (broad SMARTS) is 1. The number of rotatable bonds is 5. The zero-order valence-corrected chi connectivity index (χ0v) is 11.8. The highest BCUT2D eigenvalue weighted by molar-refractivity contribution is 5.88. The lowest BCUT2D eigenvalue weighted by Gasteiger charge is -2.20. The van der Waals surface area contributed by atoms with E-state index in [1.54, 1.807) is 12.1 Å². The van der Waals surface area contributed by atoms with Crippen molar-refractivity contribution in [3.63, 3.8) is 0 Å². The van der Waals surface area contributed by atoms with E-state index < -0.39 is 5.97 Å². The minimum atomic E-state index is -0.900. The molecule has 0 spiro atoms. The Morgan fingerprint density at radius 2 is 1.50 bits per heavy atom. The van der Waals surface area contributed by atoms with Crippen LogP contribution in [0.15, 0.2) is 48.5 Å². The summed E-state index contributed by atoms with van der Waals surface area (Å²) in [4.78, 5) is 12.9. The average molecular weight is 269 g/mol. The normalized spacial score (nSPS) is 10.3. The van der Waals surface area contributed by atoms with Gasteiger partial charge in [0.25, 0.3) is 0 Å². The van der Waals surface area contributed by atoms with Crippen LogP contribution >= 0.6 is 0 Å². The molecule has 0 unspecified atom stereocenters. The summed E-state index contributed by atoms with van der Waals surface area (Å²) in [5.74, 6) is -0.900. The van der Waals surface area contributed by atoms with Crippen molar-refractivity contribution >= 4 is 17.3 Å². The largest absolute Gasteiger partial charge is 0.478 e. The second-order valence-electron chi connectivity index (χ2n) is 4.83. The van der Waals surface area contributed by atoms with Gasteiger partial charge in [0.15, 0.2) is 0 Å². The maximum Gasteiger partial charge on any atom is 0.335 e. The van der Waals surface area contributed by atoms with Gasteiger partial charge in [0.1, 0.15) is 0 Å². The second kappa shape index (κ2) is 6.24. The van der Waals surface area contributed by atoms with Crippen LogP contribution in [0.1, 0.15) is 29.3 Å². The van der Waals surface area contributed by atoms with E-state index in [4.69, 9.17) is 5.11 Å². The van der Waals surface area contributed by atoms with Crippen molar-refractivity contribution in [2.75, 3.05) is 11.9 Å². The molecule has 0 aliphatic heterocycles. The van der Waals surface area contributed by atoms with Gasteiger partial charge in [-0.15, -0.1) is 0 Å². The third kappa shape index (κ3) is 3.18. The fourth-order valence-electron chi connectivity index (χ4n) is 2.15. The molecule has 0 heterocycles. The first kappa shape index (κ1) is 14.1. The van der Waals surface area contributed by atoms with Gasteiger partial charge >= 0.3 is 5.97 Å². The molecule has 0 fully saturated rings. The topological polar surface area (TPSA) is 40.5 Å². The highest BCUT2D eigenvalue weighted by Gasteiger charge is 2.06. The lowest BCUT2D eigenvalue weighted by Crippen LogP contribution is -2.09. The Labute approximate surface area is 119 Å². The minimum absolute atomic E-state index is 0.306. The summed E-state index contributed by atoms with van der Waals surface area (Å²) >= 11 is 0. The first-order valence-corrected chi connectivity index (χ1v) is 6.78. The molecular formula is C17H19NO2. The van der Waals surface area contributed by atoms with Crippen molar-refractivity contribution in [3.05, 3.63) is 59.7 Å². The van der Waals surface area contributed by atoms with Gasteiger partial charge in [0.05, 0.1) is 5.56 Å². The molecule has 3 nitrogen and oxygen atoms in total. The quantitative estimate of drug-likeness (QED) is 0.888. The number of aryl methyl sites for hydroxylation is 1. The fourth-order valence-corrected chi connectivity index (χ4v) is 2.15. The minimum Gasteiger partial charge on any atom is -0.478 e. The molecule has 3 heteroatoms. The van der Waals surface area contributed by atoms with Gasteiger partial charge < -0.3 is 10.0 Å². The van der Waals surface area contributed by atoms with Crippen LogP contribution in [-0.4, -0.2) is 18.1 Å². The summed E-state index contributed by atoms with van der Waals surface area (Å²) in [5, 5.41) is 8.90. The van der Waals surface area contributed by atoms with Crippen LogP contribution in [-0.2, 0) is 6.42 Å². The Morgan fingerprint density at radius 1 is 1.00 bits per heavy atom. The van der Waals surface area contributed by atoms with E-state index >= 15 is 0 Å².